The molecular weight excluding hydrogens is 304 g/mol. The highest BCUT2D eigenvalue weighted by molar-refractivity contribution is 6.10. The second kappa shape index (κ2) is 6.98. The SMILES string of the molecule is [N-]=[N+]=NCC1CC(=O)N(c2cccc(C(=O)c3ccccc3)c2)C1. The van der Waals surface area contributed by atoms with Gasteiger partial charge in [0.05, 0.1) is 0 Å². The molecule has 1 heterocycles. The molecule has 1 fully saturated rings. The molecule has 24 heavy (non-hydrogen) atoms. The first-order chi connectivity index (χ1) is 11.7. The molecule has 0 aromatic heterocycles. The first-order valence-electron chi connectivity index (χ1n) is 7.70. The summed E-state index contributed by atoms with van der Waals surface area (Å²) in [6.07, 6.45) is 0.357. The van der Waals surface area contributed by atoms with E-state index in [1.54, 1.807) is 35.2 Å². The molecule has 2 aromatic rings. The van der Waals surface area contributed by atoms with Crippen molar-refractivity contribution in [1.82, 2.24) is 0 Å². The van der Waals surface area contributed by atoms with Crippen molar-refractivity contribution < 1.29 is 9.59 Å². The molecule has 0 N–H and O–H groups in total. The highest BCUT2D eigenvalue weighted by atomic mass is 16.2. The molecule has 2 aromatic carbocycles. The van der Waals surface area contributed by atoms with Crippen molar-refractivity contribution in [2.45, 2.75) is 6.42 Å². The second-order valence-electron chi connectivity index (χ2n) is 5.73. The molecule has 1 aliphatic rings. The number of ketones is 1. The topological polar surface area (TPSA) is 86.1 Å². The average Bonchev–Trinajstić information content (AvgIpc) is 3.01. The number of azide groups is 1. The second-order valence-corrected chi connectivity index (χ2v) is 5.73. The number of nitrogens with zero attached hydrogens (tertiary/aromatic N) is 4. The van der Waals surface area contributed by atoms with Crippen LogP contribution in [0, 0.1) is 5.92 Å². The van der Waals surface area contributed by atoms with E-state index in [1.807, 2.05) is 24.3 Å². The Morgan fingerprint density at radius 1 is 1.17 bits per heavy atom. The predicted molar refractivity (Wildman–Crippen MR) is 90.8 cm³/mol. The Bertz CT molecular complexity index is 813. The number of carbonyl (C=O) groups is 2. The number of hydrogen-bond acceptors (Lipinski definition) is 3. The number of anilines is 1. The van der Waals surface area contributed by atoms with Gasteiger partial charge in [-0.1, -0.05) is 47.6 Å². The van der Waals surface area contributed by atoms with Crippen LogP contribution in [0.3, 0.4) is 0 Å². The van der Waals surface area contributed by atoms with Gasteiger partial charge in [0.15, 0.2) is 5.78 Å². The zero-order valence-corrected chi connectivity index (χ0v) is 13.0. The Morgan fingerprint density at radius 3 is 2.67 bits per heavy atom. The van der Waals surface area contributed by atoms with Crippen LogP contribution in [0.1, 0.15) is 22.3 Å². The Kier molecular flexibility index (Phi) is 4.59. The lowest BCUT2D eigenvalue weighted by Gasteiger charge is -2.17. The van der Waals surface area contributed by atoms with Crippen LogP contribution in [0.4, 0.5) is 5.69 Å². The van der Waals surface area contributed by atoms with Gasteiger partial charge < -0.3 is 4.90 Å². The third kappa shape index (κ3) is 3.29. The van der Waals surface area contributed by atoms with Crippen LogP contribution < -0.4 is 4.90 Å². The summed E-state index contributed by atoms with van der Waals surface area (Å²) >= 11 is 0. The Balaban J connectivity index is 1.82. The van der Waals surface area contributed by atoms with Crippen molar-refractivity contribution in [3.8, 4) is 0 Å². The zero-order valence-electron chi connectivity index (χ0n) is 13.0. The van der Waals surface area contributed by atoms with Gasteiger partial charge in [-0.05, 0) is 23.6 Å². The molecule has 120 valence electrons. The number of rotatable bonds is 5. The van der Waals surface area contributed by atoms with E-state index in [9.17, 15) is 9.59 Å². The molecular formula is C18H16N4O2. The van der Waals surface area contributed by atoms with Gasteiger partial charge >= 0.3 is 0 Å². The van der Waals surface area contributed by atoms with Crippen LogP contribution in [0.25, 0.3) is 10.4 Å². The van der Waals surface area contributed by atoms with Crippen LogP contribution in [0.2, 0.25) is 0 Å². The summed E-state index contributed by atoms with van der Waals surface area (Å²) in [5.74, 6) is -0.0749. The van der Waals surface area contributed by atoms with E-state index in [2.05, 4.69) is 10.0 Å². The lowest BCUT2D eigenvalue weighted by atomic mass is 10.0. The molecule has 6 heteroatoms. The fraction of sp³-hybridized carbons (Fsp3) is 0.222. The lowest BCUT2D eigenvalue weighted by Crippen LogP contribution is -2.25. The van der Waals surface area contributed by atoms with Gasteiger partial charge in [0.2, 0.25) is 5.91 Å². The minimum Gasteiger partial charge on any atom is -0.312 e. The summed E-state index contributed by atoms with van der Waals surface area (Å²) in [5.41, 5.74) is 10.3. The van der Waals surface area contributed by atoms with Crippen LogP contribution in [-0.4, -0.2) is 24.8 Å². The smallest absolute Gasteiger partial charge is 0.227 e. The molecule has 0 spiro atoms. The van der Waals surface area contributed by atoms with Crippen molar-refractivity contribution in [3.63, 3.8) is 0 Å². The molecule has 6 nitrogen and oxygen atoms in total. The Morgan fingerprint density at radius 2 is 1.92 bits per heavy atom. The minimum atomic E-state index is -0.0743. The highest BCUT2D eigenvalue weighted by Gasteiger charge is 2.30. The fourth-order valence-electron chi connectivity index (χ4n) is 2.88. The van der Waals surface area contributed by atoms with E-state index in [0.717, 1.165) is 0 Å². The molecule has 1 amide bonds. The number of benzene rings is 2. The van der Waals surface area contributed by atoms with Gasteiger partial charge in [0.1, 0.15) is 0 Å². The van der Waals surface area contributed by atoms with Crippen molar-refractivity contribution in [1.29, 1.82) is 0 Å². The monoisotopic (exact) mass is 320 g/mol. The predicted octanol–water partition coefficient (Wildman–Crippen LogP) is 3.58. The summed E-state index contributed by atoms with van der Waals surface area (Å²) in [6, 6.07) is 16.1. The lowest BCUT2D eigenvalue weighted by molar-refractivity contribution is -0.117. The van der Waals surface area contributed by atoms with E-state index < -0.39 is 0 Å². The fourth-order valence-corrected chi connectivity index (χ4v) is 2.88. The number of amides is 1. The first kappa shape index (κ1) is 15.8. The normalized spacial score (nSPS) is 16.8. The van der Waals surface area contributed by atoms with E-state index in [0.29, 0.717) is 36.3 Å². The summed E-state index contributed by atoms with van der Waals surface area (Å²) in [5, 5.41) is 3.55. The number of carbonyl (C=O) groups excluding carboxylic acids is 2. The molecule has 1 atom stereocenters. The van der Waals surface area contributed by atoms with Crippen molar-refractivity contribution in [2.24, 2.45) is 11.0 Å². The molecule has 1 saturated heterocycles. The maximum absolute atomic E-state index is 12.5. The van der Waals surface area contributed by atoms with Crippen LogP contribution in [0.5, 0.6) is 0 Å². The van der Waals surface area contributed by atoms with E-state index >= 15 is 0 Å². The van der Waals surface area contributed by atoms with Crippen LogP contribution in [-0.2, 0) is 4.79 Å². The van der Waals surface area contributed by atoms with Gasteiger partial charge in [-0.25, -0.2) is 0 Å². The Hall–Kier alpha value is -3.11. The molecule has 1 aliphatic heterocycles. The third-order valence-electron chi connectivity index (χ3n) is 4.06. The van der Waals surface area contributed by atoms with Crippen molar-refractivity contribution >= 4 is 17.4 Å². The quantitative estimate of drug-likeness (QED) is 0.365. The van der Waals surface area contributed by atoms with Gasteiger partial charge in [-0.15, -0.1) is 0 Å². The van der Waals surface area contributed by atoms with E-state index in [1.165, 1.54) is 0 Å². The molecule has 3 rings (SSSR count). The van der Waals surface area contributed by atoms with Gasteiger partial charge in [-0.2, -0.15) is 0 Å². The largest absolute Gasteiger partial charge is 0.312 e. The zero-order chi connectivity index (χ0) is 16.9. The van der Waals surface area contributed by atoms with Crippen molar-refractivity contribution in [3.05, 3.63) is 76.2 Å². The summed E-state index contributed by atoms with van der Waals surface area (Å²) in [6.45, 7) is 0.808. The first-order valence-corrected chi connectivity index (χ1v) is 7.70. The average molecular weight is 320 g/mol. The third-order valence-corrected chi connectivity index (χ3v) is 4.06. The molecule has 0 radical (unpaired) electrons. The highest BCUT2D eigenvalue weighted by Crippen LogP contribution is 2.26. The standard InChI is InChI=1S/C18H16N4O2/c19-21-20-11-13-9-17(23)22(12-13)16-8-4-7-15(10-16)18(24)14-5-2-1-3-6-14/h1-8,10,13H,9,11-12H2. The van der Waals surface area contributed by atoms with Gasteiger partial charge in [0, 0.05) is 41.2 Å². The maximum Gasteiger partial charge on any atom is 0.227 e. The summed E-state index contributed by atoms with van der Waals surface area (Å²) < 4.78 is 0. The maximum atomic E-state index is 12.5. The molecule has 1 unspecified atom stereocenters. The molecule has 0 aliphatic carbocycles. The molecule has 0 bridgehead atoms. The summed E-state index contributed by atoms with van der Waals surface area (Å²) in [7, 11) is 0. The van der Waals surface area contributed by atoms with Gasteiger partial charge in [-0.3, -0.25) is 9.59 Å². The molecule has 0 saturated carbocycles. The van der Waals surface area contributed by atoms with E-state index in [-0.39, 0.29) is 17.6 Å². The van der Waals surface area contributed by atoms with Crippen LogP contribution in [0.15, 0.2) is 59.7 Å². The van der Waals surface area contributed by atoms with Crippen molar-refractivity contribution in [2.75, 3.05) is 18.0 Å². The summed E-state index contributed by atoms with van der Waals surface area (Å²) in [4.78, 5) is 29.1. The number of hydrogen-bond donors (Lipinski definition) is 0. The van der Waals surface area contributed by atoms with Crippen LogP contribution >= 0.6 is 0 Å². The van der Waals surface area contributed by atoms with Gasteiger partial charge in [0.25, 0.3) is 0 Å². The van der Waals surface area contributed by atoms with E-state index in [4.69, 9.17) is 5.53 Å². The Labute approximate surface area is 139 Å². The minimum absolute atomic E-state index is 0.0156.